The smallest absolute Gasteiger partial charge is 0.326 e. The van der Waals surface area contributed by atoms with Crippen LogP contribution in [0.4, 0.5) is 10.5 Å². The van der Waals surface area contributed by atoms with E-state index in [9.17, 15) is 9.59 Å². The molecule has 2 amide bonds. The van der Waals surface area contributed by atoms with Crippen molar-refractivity contribution in [3.05, 3.63) is 24.3 Å². The molecule has 0 aliphatic carbocycles. The van der Waals surface area contributed by atoms with Crippen LogP contribution in [0.3, 0.4) is 0 Å². The van der Waals surface area contributed by atoms with Crippen LogP contribution in [0.25, 0.3) is 0 Å². The van der Waals surface area contributed by atoms with E-state index < -0.39 is 18.0 Å². The highest BCUT2D eigenvalue weighted by atomic mass is 16.5. The first-order chi connectivity index (χ1) is 8.88. The predicted octanol–water partition coefficient (Wildman–Crippen LogP) is 1.66. The van der Waals surface area contributed by atoms with Crippen LogP contribution in [0.15, 0.2) is 24.3 Å². The average molecular weight is 266 g/mol. The normalized spacial score (nSPS) is 11.6. The fourth-order valence-electron chi connectivity index (χ4n) is 1.50. The van der Waals surface area contributed by atoms with Gasteiger partial charge in [0, 0.05) is 25.8 Å². The molecule has 19 heavy (non-hydrogen) atoms. The van der Waals surface area contributed by atoms with Gasteiger partial charge >= 0.3 is 12.0 Å². The number of hydrogen-bond acceptors (Lipinski definition) is 3. The van der Waals surface area contributed by atoms with Gasteiger partial charge in [0.1, 0.15) is 11.8 Å². The molecule has 104 valence electrons. The Balaban J connectivity index is 2.89. The number of amides is 2. The molecular weight excluding hydrogens is 248 g/mol. The van der Waals surface area contributed by atoms with E-state index in [4.69, 9.17) is 9.84 Å². The summed E-state index contributed by atoms with van der Waals surface area (Å²) in [5, 5.41) is 8.90. The Kier molecular flexibility index (Phi) is 4.74. The summed E-state index contributed by atoms with van der Waals surface area (Å²) in [5.74, 6) is -0.416. The van der Waals surface area contributed by atoms with Crippen LogP contribution in [-0.4, -0.2) is 49.3 Å². The maximum Gasteiger partial charge on any atom is 0.326 e. The van der Waals surface area contributed by atoms with Gasteiger partial charge in [-0.15, -0.1) is 0 Å². The third-order valence-corrected chi connectivity index (χ3v) is 2.97. The molecule has 1 atom stereocenters. The molecule has 0 aliphatic rings. The van der Waals surface area contributed by atoms with E-state index in [1.54, 1.807) is 38.4 Å². The number of benzene rings is 1. The Bertz CT molecular complexity index is 475. The maximum absolute atomic E-state index is 12.1. The van der Waals surface area contributed by atoms with Crippen molar-refractivity contribution in [2.75, 3.05) is 26.1 Å². The van der Waals surface area contributed by atoms with E-state index in [1.165, 1.54) is 23.8 Å². The van der Waals surface area contributed by atoms with Crippen molar-refractivity contribution in [2.24, 2.45) is 0 Å². The highest BCUT2D eigenvalue weighted by molar-refractivity contribution is 5.93. The van der Waals surface area contributed by atoms with Crippen molar-refractivity contribution in [1.82, 2.24) is 4.90 Å². The first kappa shape index (κ1) is 14.8. The van der Waals surface area contributed by atoms with Crippen molar-refractivity contribution in [3.8, 4) is 5.75 Å². The number of hydrogen-bond donors (Lipinski definition) is 1. The Hall–Kier alpha value is -2.24. The molecule has 1 aromatic carbocycles. The number of aliphatic carboxylic acids is 1. The highest BCUT2D eigenvalue weighted by Crippen LogP contribution is 2.21. The van der Waals surface area contributed by atoms with Gasteiger partial charge in [-0.25, -0.2) is 9.59 Å². The van der Waals surface area contributed by atoms with Crippen LogP contribution in [-0.2, 0) is 4.79 Å². The second-order valence-corrected chi connectivity index (χ2v) is 4.17. The lowest BCUT2D eigenvalue weighted by molar-refractivity contribution is -0.141. The third-order valence-electron chi connectivity index (χ3n) is 2.97. The highest BCUT2D eigenvalue weighted by Gasteiger charge is 2.24. The second kappa shape index (κ2) is 6.08. The summed E-state index contributed by atoms with van der Waals surface area (Å²) in [6, 6.07) is 5.70. The van der Waals surface area contributed by atoms with Crippen LogP contribution < -0.4 is 9.64 Å². The number of ether oxygens (including phenoxy) is 1. The first-order valence-corrected chi connectivity index (χ1v) is 5.76. The zero-order valence-electron chi connectivity index (χ0n) is 11.5. The fraction of sp³-hybridized carbons (Fsp3) is 0.385. The third kappa shape index (κ3) is 3.37. The minimum Gasteiger partial charge on any atom is -0.497 e. The summed E-state index contributed by atoms with van der Waals surface area (Å²) < 4.78 is 5.09. The van der Waals surface area contributed by atoms with Gasteiger partial charge in [0.05, 0.1) is 7.11 Å². The number of nitrogens with zero attached hydrogens (tertiary/aromatic N) is 2. The average Bonchev–Trinajstić information content (AvgIpc) is 2.43. The van der Waals surface area contributed by atoms with Gasteiger partial charge in [0.2, 0.25) is 0 Å². The molecule has 1 aromatic rings. The molecule has 1 unspecified atom stereocenters. The van der Waals surface area contributed by atoms with Crippen LogP contribution >= 0.6 is 0 Å². The standard InChI is InChI=1S/C13H18N2O4/c1-9(12(16)17)14(2)13(18)15(3)10-6-5-7-11(8-10)19-4/h5-9H,1-4H3,(H,16,17). The number of carboxylic acid groups (broad SMARTS) is 1. The number of anilines is 1. The SMILES string of the molecule is COc1cccc(N(C)C(=O)N(C)C(C)C(=O)O)c1. The van der Waals surface area contributed by atoms with E-state index in [2.05, 4.69) is 0 Å². The lowest BCUT2D eigenvalue weighted by atomic mass is 10.2. The largest absolute Gasteiger partial charge is 0.497 e. The molecular formula is C13H18N2O4. The number of methoxy groups -OCH3 is 1. The summed E-state index contributed by atoms with van der Waals surface area (Å²) in [5.41, 5.74) is 0.633. The summed E-state index contributed by atoms with van der Waals surface area (Å²) in [6.45, 7) is 1.46. The minimum atomic E-state index is -1.05. The van der Waals surface area contributed by atoms with Crippen molar-refractivity contribution < 1.29 is 19.4 Å². The van der Waals surface area contributed by atoms with Gasteiger partial charge < -0.3 is 14.7 Å². The van der Waals surface area contributed by atoms with Crippen LogP contribution in [0.1, 0.15) is 6.92 Å². The molecule has 6 nitrogen and oxygen atoms in total. The summed E-state index contributed by atoms with van der Waals surface area (Å²) in [4.78, 5) is 25.6. The first-order valence-electron chi connectivity index (χ1n) is 5.76. The van der Waals surface area contributed by atoms with Crippen LogP contribution in [0, 0.1) is 0 Å². The molecule has 0 bridgehead atoms. The molecule has 0 saturated carbocycles. The van der Waals surface area contributed by atoms with E-state index >= 15 is 0 Å². The molecule has 0 aromatic heterocycles. The number of rotatable bonds is 4. The Labute approximate surface area is 112 Å². The summed E-state index contributed by atoms with van der Waals surface area (Å²) in [6.07, 6.45) is 0. The Morgan fingerprint density at radius 2 is 1.95 bits per heavy atom. The predicted molar refractivity (Wildman–Crippen MR) is 71.7 cm³/mol. The molecule has 0 spiro atoms. The lowest BCUT2D eigenvalue weighted by Crippen LogP contribution is -2.46. The van der Waals surface area contributed by atoms with Crippen molar-refractivity contribution >= 4 is 17.7 Å². The van der Waals surface area contributed by atoms with Crippen molar-refractivity contribution in [3.63, 3.8) is 0 Å². The maximum atomic E-state index is 12.1. The van der Waals surface area contributed by atoms with E-state index in [1.807, 2.05) is 0 Å². The van der Waals surface area contributed by atoms with Gasteiger partial charge in [-0.1, -0.05) is 6.07 Å². The number of likely N-dealkylation sites (N-methyl/N-ethyl adjacent to an activating group) is 1. The fourth-order valence-corrected chi connectivity index (χ4v) is 1.50. The number of carbonyl (C=O) groups excluding carboxylic acids is 1. The molecule has 1 N–H and O–H groups in total. The lowest BCUT2D eigenvalue weighted by Gasteiger charge is -2.27. The van der Waals surface area contributed by atoms with Gasteiger partial charge in [-0.2, -0.15) is 0 Å². The molecule has 1 rings (SSSR count). The van der Waals surface area contributed by atoms with Crippen LogP contribution in [0.5, 0.6) is 5.75 Å². The molecule has 0 saturated heterocycles. The molecule has 0 radical (unpaired) electrons. The molecule has 0 fully saturated rings. The quantitative estimate of drug-likeness (QED) is 0.899. The van der Waals surface area contributed by atoms with E-state index in [0.29, 0.717) is 11.4 Å². The monoisotopic (exact) mass is 266 g/mol. The van der Waals surface area contributed by atoms with E-state index in [0.717, 1.165) is 0 Å². The minimum absolute atomic E-state index is 0.400. The zero-order valence-corrected chi connectivity index (χ0v) is 11.5. The zero-order chi connectivity index (χ0) is 14.6. The number of carboxylic acids is 1. The molecule has 6 heteroatoms. The van der Waals surface area contributed by atoms with Gasteiger partial charge in [-0.05, 0) is 19.1 Å². The van der Waals surface area contributed by atoms with Crippen molar-refractivity contribution in [1.29, 1.82) is 0 Å². The molecule has 0 aliphatic heterocycles. The van der Waals surface area contributed by atoms with Gasteiger partial charge in [0.25, 0.3) is 0 Å². The second-order valence-electron chi connectivity index (χ2n) is 4.17. The van der Waals surface area contributed by atoms with Gasteiger partial charge in [-0.3, -0.25) is 4.90 Å². The number of carbonyl (C=O) groups is 2. The summed E-state index contributed by atoms with van der Waals surface area (Å²) >= 11 is 0. The topological polar surface area (TPSA) is 70.1 Å². The summed E-state index contributed by atoms with van der Waals surface area (Å²) in [7, 11) is 4.58. The van der Waals surface area contributed by atoms with E-state index in [-0.39, 0.29) is 0 Å². The Morgan fingerprint density at radius 1 is 1.32 bits per heavy atom. The Morgan fingerprint density at radius 3 is 2.47 bits per heavy atom. The van der Waals surface area contributed by atoms with Gasteiger partial charge in [0.15, 0.2) is 0 Å². The molecule has 0 heterocycles. The van der Waals surface area contributed by atoms with Crippen LogP contribution in [0.2, 0.25) is 0 Å². The van der Waals surface area contributed by atoms with Crippen molar-refractivity contribution in [2.45, 2.75) is 13.0 Å². The number of urea groups is 1.